The molecular weight excluding hydrogens is 220 g/mol. The van der Waals surface area contributed by atoms with Gasteiger partial charge in [0.1, 0.15) is 0 Å². The first-order valence-corrected chi connectivity index (χ1v) is 6.04. The van der Waals surface area contributed by atoms with E-state index in [-0.39, 0.29) is 18.4 Å². The number of carbonyl (C=O) groups excluding carboxylic acids is 2. The molecule has 0 aromatic rings. The van der Waals surface area contributed by atoms with E-state index >= 15 is 0 Å². The fourth-order valence-corrected chi connectivity index (χ4v) is 1.33. The molecule has 0 saturated heterocycles. The maximum Gasteiger partial charge on any atom is 0.220 e. The van der Waals surface area contributed by atoms with Crippen molar-refractivity contribution < 1.29 is 14.7 Å². The SMILES string of the molecule is CC(=O)NCCCCCC(=O)NC(C)(C)CO. The lowest BCUT2D eigenvalue weighted by atomic mass is 10.1. The maximum atomic E-state index is 11.5. The van der Waals surface area contributed by atoms with Crippen LogP contribution in [0.4, 0.5) is 0 Å². The van der Waals surface area contributed by atoms with E-state index in [1.54, 1.807) is 13.8 Å². The van der Waals surface area contributed by atoms with Crippen LogP contribution in [0.3, 0.4) is 0 Å². The van der Waals surface area contributed by atoms with Gasteiger partial charge in [-0.25, -0.2) is 0 Å². The molecule has 2 amide bonds. The summed E-state index contributed by atoms with van der Waals surface area (Å²) in [5.74, 6) is -0.0592. The molecule has 5 heteroatoms. The summed E-state index contributed by atoms with van der Waals surface area (Å²) in [4.78, 5) is 22.0. The minimum Gasteiger partial charge on any atom is -0.394 e. The summed E-state index contributed by atoms with van der Waals surface area (Å²) in [6.45, 7) is 5.65. The molecule has 3 N–H and O–H groups in total. The third-order valence-electron chi connectivity index (χ3n) is 2.33. The average Bonchev–Trinajstić information content (AvgIpc) is 2.22. The van der Waals surface area contributed by atoms with Crippen molar-refractivity contribution in [3.63, 3.8) is 0 Å². The summed E-state index contributed by atoms with van der Waals surface area (Å²) in [5, 5.41) is 14.4. The van der Waals surface area contributed by atoms with Crippen molar-refractivity contribution in [3.8, 4) is 0 Å². The fraction of sp³-hybridized carbons (Fsp3) is 0.833. The van der Waals surface area contributed by atoms with Crippen LogP contribution >= 0.6 is 0 Å². The maximum absolute atomic E-state index is 11.5. The van der Waals surface area contributed by atoms with Gasteiger partial charge < -0.3 is 15.7 Å². The summed E-state index contributed by atoms with van der Waals surface area (Å²) in [5.41, 5.74) is -0.548. The Hall–Kier alpha value is -1.10. The van der Waals surface area contributed by atoms with Crippen LogP contribution in [0.25, 0.3) is 0 Å². The van der Waals surface area contributed by atoms with Crippen LogP contribution in [0.15, 0.2) is 0 Å². The molecule has 0 unspecified atom stereocenters. The average molecular weight is 244 g/mol. The standard InChI is InChI=1S/C12H24N2O3/c1-10(16)13-8-6-4-5-7-11(17)14-12(2,3)9-15/h15H,4-9H2,1-3H3,(H,13,16)(H,14,17). The normalized spacial score (nSPS) is 11.1. The predicted molar refractivity (Wildman–Crippen MR) is 66.5 cm³/mol. The Morgan fingerprint density at radius 1 is 1.18 bits per heavy atom. The van der Waals surface area contributed by atoms with E-state index in [0.29, 0.717) is 13.0 Å². The van der Waals surface area contributed by atoms with Crippen molar-refractivity contribution in [2.75, 3.05) is 13.2 Å². The fourth-order valence-electron chi connectivity index (χ4n) is 1.33. The van der Waals surface area contributed by atoms with Gasteiger partial charge in [-0.05, 0) is 26.7 Å². The van der Waals surface area contributed by atoms with Crippen LogP contribution in [0.1, 0.15) is 46.5 Å². The van der Waals surface area contributed by atoms with Gasteiger partial charge in [0, 0.05) is 19.9 Å². The molecule has 5 nitrogen and oxygen atoms in total. The number of hydrogen-bond acceptors (Lipinski definition) is 3. The van der Waals surface area contributed by atoms with Crippen molar-refractivity contribution in [2.24, 2.45) is 0 Å². The Morgan fingerprint density at radius 3 is 2.35 bits per heavy atom. The first kappa shape index (κ1) is 15.9. The molecule has 0 aromatic heterocycles. The summed E-state index contributed by atoms with van der Waals surface area (Å²) in [6.07, 6.45) is 3.06. The zero-order chi connectivity index (χ0) is 13.3. The quantitative estimate of drug-likeness (QED) is 0.546. The molecule has 17 heavy (non-hydrogen) atoms. The molecule has 0 aliphatic heterocycles. The molecule has 0 aliphatic rings. The number of aliphatic hydroxyl groups is 1. The van der Waals surface area contributed by atoms with Gasteiger partial charge in [0.2, 0.25) is 11.8 Å². The molecule has 0 saturated carbocycles. The lowest BCUT2D eigenvalue weighted by Crippen LogP contribution is -2.46. The monoisotopic (exact) mass is 244 g/mol. The molecule has 0 atom stereocenters. The second-order valence-electron chi connectivity index (χ2n) is 4.88. The number of rotatable bonds is 8. The molecular formula is C12H24N2O3. The second kappa shape index (κ2) is 8.06. The van der Waals surface area contributed by atoms with Gasteiger partial charge in [-0.1, -0.05) is 6.42 Å². The van der Waals surface area contributed by atoms with Gasteiger partial charge in [0.15, 0.2) is 0 Å². The summed E-state index contributed by atoms with van der Waals surface area (Å²) < 4.78 is 0. The molecule has 0 aromatic carbocycles. The van der Waals surface area contributed by atoms with E-state index in [0.717, 1.165) is 19.3 Å². The highest BCUT2D eigenvalue weighted by Gasteiger charge is 2.18. The van der Waals surface area contributed by atoms with E-state index in [4.69, 9.17) is 5.11 Å². The Balaban J connectivity index is 3.49. The Morgan fingerprint density at radius 2 is 1.82 bits per heavy atom. The number of unbranched alkanes of at least 4 members (excludes halogenated alkanes) is 2. The van der Waals surface area contributed by atoms with Crippen LogP contribution in [-0.2, 0) is 9.59 Å². The minimum absolute atomic E-state index is 0.0209. The van der Waals surface area contributed by atoms with Crippen LogP contribution in [0, 0.1) is 0 Å². The molecule has 0 rings (SSSR count). The van der Waals surface area contributed by atoms with Crippen molar-refractivity contribution >= 4 is 11.8 Å². The third-order valence-corrected chi connectivity index (χ3v) is 2.33. The largest absolute Gasteiger partial charge is 0.394 e. The highest BCUT2D eigenvalue weighted by atomic mass is 16.3. The van der Waals surface area contributed by atoms with Gasteiger partial charge in [0.05, 0.1) is 12.1 Å². The lowest BCUT2D eigenvalue weighted by molar-refractivity contribution is -0.123. The smallest absolute Gasteiger partial charge is 0.220 e. The number of hydrogen-bond donors (Lipinski definition) is 3. The molecule has 0 radical (unpaired) electrons. The van der Waals surface area contributed by atoms with Crippen molar-refractivity contribution in [1.29, 1.82) is 0 Å². The van der Waals surface area contributed by atoms with Crippen LogP contribution in [0.2, 0.25) is 0 Å². The van der Waals surface area contributed by atoms with E-state index < -0.39 is 5.54 Å². The lowest BCUT2D eigenvalue weighted by Gasteiger charge is -2.23. The molecule has 0 spiro atoms. The minimum atomic E-state index is -0.548. The van der Waals surface area contributed by atoms with Gasteiger partial charge in [-0.15, -0.1) is 0 Å². The highest BCUT2D eigenvalue weighted by molar-refractivity contribution is 5.76. The zero-order valence-electron chi connectivity index (χ0n) is 11.0. The van der Waals surface area contributed by atoms with Gasteiger partial charge >= 0.3 is 0 Å². The summed E-state index contributed by atoms with van der Waals surface area (Å²) in [6, 6.07) is 0. The summed E-state index contributed by atoms with van der Waals surface area (Å²) >= 11 is 0. The van der Waals surface area contributed by atoms with Gasteiger partial charge in [-0.3, -0.25) is 9.59 Å². The van der Waals surface area contributed by atoms with Crippen LogP contribution in [0.5, 0.6) is 0 Å². The topological polar surface area (TPSA) is 78.4 Å². The van der Waals surface area contributed by atoms with Gasteiger partial charge in [0.25, 0.3) is 0 Å². The van der Waals surface area contributed by atoms with Crippen molar-refractivity contribution in [1.82, 2.24) is 10.6 Å². The molecule has 0 bridgehead atoms. The van der Waals surface area contributed by atoms with E-state index in [2.05, 4.69) is 10.6 Å². The number of nitrogens with one attached hydrogen (secondary N) is 2. The van der Waals surface area contributed by atoms with Crippen molar-refractivity contribution in [3.05, 3.63) is 0 Å². The molecule has 0 aliphatic carbocycles. The Kier molecular flexibility index (Phi) is 7.54. The van der Waals surface area contributed by atoms with Crippen molar-refractivity contribution in [2.45, 2.75) is 52.0 Å². The predicted octanol–water partition coefficient (Wildman–Crippen LogP) is 0.570. The van der Waals surface area contributed by atoms with E-state index in [1.807, 2.05) is 0 Å². The van der Waals surface area contributed by atoms with Crippen LogP contribution in [-0.4, -0.2) is 35.6 Å². The number of amides is 2. The third kappa shape index (κ3) is 9.81. The van der Waals surface area contributed by atoms with Crippen LogP contribution < -0.4 is 10.6 Å². The second-order valence-corrected chi connectivity index (χ2v) is 4.88. The Bertz CT molecular complexity index is 252. The molecule has 100 valence electrons. The van der Waals surface area contributed by atoms with Gasteiger partial charge in [-0.2, -0.15) is 0 Å². The number of carbonyl (C=O) groups is 2. The highest BCUT2D eigenvalue weighted by Crippen LogP contribution is 2.03. The van der Waals surface area contributed by atoms with E-state index in [1.165, 1.54) is 6.92 Å². The zero-order valence-corrected chi connectivity index (χ0v) is 11.0. The van der Waals surface area contributed by atoms with E-state index in [9.17, 15) is 9.59 Å². The first-order valence-electron chi connectivity index (χ1n) is 6.04. The summed E-state index contributed by atoms with van der Waals surface area (Å²) in [7, 11) is 0. The number of aliphatic hydroxyl groups excluding tert-OH is 1. The molecule has 0 heterocycles. The Labute approximate surface area is 103 Å². The molecule has 0 fully saturated rings. The first-order chi connectivity index (χ1) is 7.87.